The first-order valence-corrected chi connectivity index (χ1v) is 6.87. The van der Waals surface area contributed by atoms with Gasteiger partial charge in [-0.25, -0.2) is 0 Å². The van der Waals surface area contributed by atoms with Crippen LogP contribution in [0, 0.1) is 5.92 Å². The van der Waals surface area contributed by atoms with E-state index in [0.717, 1.165) is 0 Å². The molecule has 2 atom stereocenters. The highest BCUT2D eigenvalue weighted by molar-refractivity contribution is 5.69. The van der Waals surface area contributed by atoms with E-state index in [9.17, 15) is 18.0 Å². The van der Waals surface area contributed by atoms with Crippen LogP contribution in [0.15, 0.2) is 0 Å². The van der Waals surface area contributed by atoms with Crippen LogP contribution in [-0.4, -0.2) is 66.8 Å². The largest absolute Gasteiger partial charge is 0.480 e. The first kappa shape index (κ1) is 17.2. The summed E-state index contributed by atoms with van der Waals surface area (Å²) in [5.41, 5.74) is 0. The van der Waals surface area contributed by atoms with Crippen LogP contribution in [0.25, 0.3) is 0 Å². The monoisotopic (exact) mass is 296 g/mol. The fourth-order valence-electron chi connectivity index (χ4n) is 2.69. The van der Waals surface area contributed by atoms with Gasteiger partial charge in [-0.3, -0.25) is 9.69 Å². The minimum atomic E-state index is -4.17. The van der Waals surface area contributed by atoms with Crippen LogP contribution in [0.5, 0.6) is 0 Å². The third-order valence-electron chi connectivity index (χ3n) is 3.80. The Morgan fingerprint density at radius 1 is 1.25 bits per heavy atom. The summed E-state index contributed by atoms with van der Waals surface area (Å²) in [5.74, 6) is -2.28. The molecule has 0 spiro atoms. The molecule has 2 unspecified atom stereocenters. The van der Waals surface area contributed by atoms with Crippen LogP contribution in [0.2, 0.25) is 0 Å². The van der Waals surface area contributed by atoms with Gasteiger partial charge in [-0.15, -0.1) is 0 Å². The second kappa shape index (κ2) is 7.26. The number of nitrogens with zero attached hydrogens (tertiary/aromatic N) is 2. The molecule has 4 nitrogen and oxygen atoms in total. The number of aliphatic carboxylic acids is 1. The second-order valence-corrected chi connectivity index (χ2v) is 5.73. The summed E-state index contributed by atoms with van der Waals surface area (Å²) in [6.07, 6.45) is -2.84. The van der Waals surface area contributed by atoms with Gasteiger partial charge in [0.25, 0.3) is 0 Å². The van der Waals surface area contributed by atoms with Gasteiger partial charge in [0.2, 0.25) is 0 Å². The Labute approximate surface area is 117 Å². The average Bonchev–Trinajstić information content (AvgIpc) is 2.33. The molecule has 1 rings (SSSR count). The lowest BCUT2D eigenvalue weighted by atomic mass is 9.84. The zero-order valence-electron chi connectivity index (χ0n) is 12.0. The van der Waals surface area contributed by atoms with Crippen LogP contribution >= 0.6 is 0 Å². The highest BCUT2D eigenvalue weighted by Gasteiger charge is 2.43. The van der Waals surface area contributed by atoms with Gasteiger partial charge in [0.05, 0.1) is 12.5 Å². The van der Waals surface area contributed by atoms with Gasteiger partial charge in [-0.2, -0.15) is 13.2 Å². The van der Waals surface area contributed by atoms with Crippen molar-refractivity contribution in [1.29, 1.82) is 0 Å². The Balaban J connectivity index is 2.66. The highest BCUT2D eigenvalue weighted by Crippen LogP contribution is 2.38. The molecule has 1 N–H and O–H groups in total. The summed E-state index contributed by atoms with van der Waals surface area (Å²) in [6, 6.07) is -0.286. The molecule has 0 aromatic heterocycles. The molecule has 20 heavy (non-hydrogen) atoms. The fourth-order valence-corrected chi connectivity index (χ4v) is 2.69. The molecular weight excluding hydrogens is 273 g/mol. The Hall–Kier alpha value is -0.820. The van der Waals surface area contributed by atoms with Gasteiger partial charge in [0.15, 0.2) is 0 Å². The van der Waals surface area contributed by atoms with Gasteiger partial charge in [0, 0.05) is 19.1 Å². The molecule has 0 aromatic carbocycles. The second-order valence-electron chi connectivity index (χ2n) is 5.73. The molecule has 0 aromatic rings. The molecule has 7 heteroatoms. The van der Waals surface area contributed by atoms with Crippen LogP contribution in [0.1, 0.15) is 25.7 Å². The van der Waals surface area contributed by atoms with E-state index in [1.165, 1.54) is 0 Å². The van der Waals surface area contributed by atoms with Gasteiger partial charge < -0.3 is 10.0 Å². The number of carboxylic acid groups (broad SMARTS) is 1. The van der Waals surface area contributed by atoms with Gasteiger partial charge >= 0.3 is 12.1 Å². The number of carbonyl (C=O) groups is 1. The molecule has 0 heterocycles. The number of hydrogen-bond acceptors (Lipinski definition) is 3. The van der Waals surface area contributed by atoms with Gasteiger partial charge in [-0.05, 0) is 33.4 Å². The first-order chi connectivity index (χ1) is 9.20. The summed E-state index contributed by atoms with van der Waals surface area (Å²) in [5, 5.41) is 8.93. The van der Waals surface area contributed by atoms with Crippen LogP contribution in [0.3, 0.4) is 0 Å². The molecule has 0 saturated heterocycles. The molecule has 1 aliphatic carbocycles. The zero-order valence-corrected chi connectivity index (χ0v) is 12.0. The fraction of sp³-hybridized carbons (Fsp3) is 0.923. The van der Waals surface area contributed by atoms with Crippen molar-refractivity contribution >= 4 is 5.97 Å². The Morgan fingerprint density at radius 2 is 1.90 bits per heavy atom. The Bertz CT molecular complexity index is 321. The van der Waals surface area contributed by atoms with E-state index in [4.69, 9.17) is 5.11 Å². The molecule has 0 aliphatic heterocycles. The minimum absolute atomic E-state index is 0.0181. The number of hydrogen-bond donors (Lipinski definition) is 1. The highest BCUT2D eigenvalue weighted by atomic mass is 19.4. The third-order valence-corrected chi connectivity index (χ3v) is 3.80. The normalized spacial score (nSPS) is 24.4. The van der Waals surface area contributed by atoms with Crippen molar-refractivity contribution in [2.24, 2.45) is 5.92 Å². The number of alkyl halides is 3. The standard InChI is InChI=1S/C13H23F3N2O2/c1-17(2)6-7-18(9-12(19)20)11-5-3-4-10(8-11)13(14,15)16/h10-11H,3-9H2,1-2H3,(H,19,20). The lowest BCUT2D eigenvalue weighted by Gasteiger charge is -2.37. The van der Waals surface area contributed by atoms with E-state index in [2.05, 4.69) is 0 Å². The number of rotatable bonds is 6. The van der Waals surface area contributed by atoms with E-state index < -0.39 is 18.1 Å². The molecular formula is C13H23F3N2O2. The predicted octanol–water partition coefficient (Wildman–Crippen LogP) is 2.06. The smallest absolute Gasteiger partial charge is 0.391 e. The molecule has 118 valence electrons. The molecule has 0 radical (unpaired) electrons. The van der Waals surface area contributed by atoms with Crippen molar-refractivity contribution in [1.82, 2.24) is 9.80 Å². The summed E-state index contributed by atoms with van der Waals surface area (Å²) in [6.45, 7) is 0.929. The Kier molecular flexibility index (Phi) is 6.26. The lowest BCUT2D eigenvalue weighted by molar-refractivity contribution is -0.187. The number of halogens is 3. The summed E-state index contributed by atoms with van der Waals surface area (Å²) < 4.78 is 38.4. The van der Waals surface area contributed by atoms with E-state index in [-0.39, 0.29) is 25.4 Å². The zero-order chi connectivity index (χ0) is 15.3. The minimum Gasteiger partial charge on any atom is -0.480 e. The third kappa shape index (κ3) is 5.66. The van der Waals surface area contributed by atoms with E-state index in [1.807, 2.05) is 19.0 Å². The van der Waals surface area contributed by atoms with Crippen LogP contribution < -0.4 is 0 Å². The maximum Gasteiger partial charge on any atom is 0.391 e. The number of likely N-dealkylation sites (N-methyl/N-ethyl adjacent to an activating group) is 1. The molecule has 0 bridgehead atoms. The SMILES string of the molecule is CN(C)CCN(CC(=O)O)C1CCCC(C(F)(F)F)C1. The molecule has 1 aliphatic rings. The summed E-state index contributed by atoms with van der Waals surface area (Å²) >= 11 is 0. The topological polar surface area (TPSA) is 43.8 Å². The molecule has 1 saturated carbocycles. The van der Waals surface area contributed by atoms with E-state index >= 15 is 0 Å². The van der Waals surface area contributed by atoms with Gasteiger partial charge in [-0.1, -0.05) is 6.42 Å². The molecule has 1 fully saturated rings. The maximum absolute atomic E-state index is 12.8. The van der Waals surface area contributed by atoms with E-state index in [0.29, 0.717) is 25.9 Å². The van der Waals surface area contributed by atoms with Crippen molar-refractivity contribution in [3.8, 4) is 0 Å². The Morgan fingerprint density at radius 3 is 2.40 bits per heavy atom. The summed E-state index contributed by atoms with van der Waals surface area (Å²) in [7, 11) is 3.72. The van der Waals surface area contributed by atoms with E-state index in [1.54, 1.807) is 4.90 Å². The first-order valence-electron chi connectivity index (χ1n) is 6.87. The number of carboxylic acids is 1. The van der Waals surface area contributed by atoms with Crippen molar-refractivity contribution in [3.63, 3.8) is 0 Å². The van der Waals surface area contributed by atoms with Crippen molar-refractivity contribution < 1.29 is 23.1 Å². The van der Waals surface area contributed by atoms with Crippen LogP contribution in [-0.2, 0) is 4.79 Å². The summed E-state index contributed by atoms with van der Waals surface area (Å²) in [4.78, 5) is 14.5. The predicted molar refractivity (Wildman–Crippen MR) is 69.6 cm³/mol. The lowest BCUT2D eigenvalue weighted by Crippen LogP contribution is -2.46. The molecule has 0 amide bonds. The maximum atomic E-state index is 12.8. The van der Waals surface area contributed by atoms with Gasteiger partial charge in [0.1, 0.15) is 0 Å². The quantitative estimate of drug-likeness (QED) is 0.815. The van der Waals surface area contributed by atoms with Crippen LogP contribution in [0.4, 0.5) is 13.2 Å². The van der Waals surface area contributed by atoms with Crippen molar-refractivity contribution in [2.45, 2.75) is 37.9 Å². The van der Waals surface area contributed by atoms with Crippen molar-refractivity contribution in [2.75, 3.05) is 33.7 Å². The average molecular weight is 296 g/mol. The van der Waals surface area contributed by atoms with Crippen molar-refractivity contribution in [3.05, 3.63) is 0 Å².